The lowest BCUT2D eigenvalue weighted by molar-refractivity contribution is -0.448. The fourth-order valence-electron chi connectivity index (χ4n) is 0.880. The zero-order chi connectivity index (χ0) is 9.84. The van der Waals surface area contributed by atoms with Gasteiger partial charge in [-0.2, -0.15) is 5.26 Å². The SMILES string of the molecule is C=[N+]1NC(Br)=C(C#N)C1=NCCO. The molecule has 5 nitrogen and oxygen atoms in total. The minimum Gasteiger partial charge on any atom is -0.392 e. The number of rotatable bonds is 2. The summed E-state index contributed by atoms with van der Waals surface area (Å²) < 4.78 is 1.92. The molecule has 1 aliphatic rings. The lowest BCUT2D eigenvalue weighted by Crippen LogP contribution is -2.23. The maximum atomic E-state index is 8.75. The van der Waals surface area contributed by atoms with E-state index in [9.17, 15) is 0 Å². The van der Waals surface area contributed by atoms with E-state index in [1.807, 2.05) is 6.07 Å². The van der Waals surface area contributed by atoms with Gasteiger partial charge in [-0.1, -0.05) is 4.99 Å². The molecule has 0 saturated heterocycles. The van der Waals surface area contributed by atoms with Crippen LogP contribution in [0.15, 0.2) is 15.2 Å². The van der Waals surface area contributed by atoms with E-state index in [1.165, 1.54) is 4.68 Å². The summed E-state index contributed by atoms with van der Waals surface area (Å²) >= 11 is 3.16. The molecule has 6 heteroatoms. The fourth-order valence-corrected chi connectivity index (χ4v) is 1.36. The minimum atomic E-state index is -0.0479. The van der Waals surface area contributed by atoms with Crippen molar-refractivity contribution in [3.05, 3.63) is 10.2 Å². The van der Waals surface area contributed by atoms with Crippen LogP contribution in [-0.4, -0.2) is 35.5 Å². The second-order valence-corrected chi connectivity index (χ2v) is 3.06. The fraction of sp³-hybridized carbons (Fsp3) is 0.286. The zero-order valence-electron chi connectivity index (χ0n) is 6.79. The standard InChI is InChI=1S/C7H8BrN4O/c1-12-7(10-2-3-13)5(4-9)6(8)11-12/h11,13H,1-3H2/q+1. The molecule has 13 heavy (non-hydrogen) atoms. The van der Waals surface area contributed by atoms with Crippen LogP contribution in [0, 0.1) is 11.3 Å². The van der Waals surface area contributed by atoms with E-state index in [0.29, 0.717) is 16.0 Å². The average molecular weight is 244 g/mol. The second kappa shape index (κ2) is 4.16. The van der Waals surface area contributed by atoms with Crippen molar-refractivity contribution in [3.63, 3.8) is 0 Å². The van der Waals surface area contributed by atoms with E-state index in [1.54, 1.807) is 0 Å². The lowest BCUT2D eigenvalue weighted by atomic mass is 10.3. The summed E-state index contributed by atoms with van der Waals surface area (Å²) in [6.45, 7) is 3.82. The molecule has 0 bridgehead atoms. The Balaban J connectivity index is 2.97. The largest absolute Gasteiger partial charge is 0.392 e. The number of nitriles is 1. The van der Waals surface area contributed by atoms with Crippen LogP contribution in [0.3, 0.4) is 0 Å². The maximum Gasteiger partial charge on any atom is 0.361 e. The molecule has 1 heterocycles. The monoisotopic (exact) mass is 243 g/mol. The van der Waals surface area contributed by atoms with Crippen LogP contribution in [-0.2, 0) is 0 Å². The molecule has 0 aromatic heterocycles. The summed E-state index contributed by atoms with van der Waals surface area (Å²) in [6.07, 6.45) is 0. The molecular weight excluding hydrogens is 236 g/mol. The van der Waals surface area contributed by atoms with Crippen molar-refractivity contribution in [1.82, 2.24) is 5.43 Å². The summed E-state index contributed by atoms with van der Waals surface area (Å²) in [5.74, 6) is 0.434. The minimum absolute atomic E-state index is 0.0479. The third-order valence-corrected chi connectivity index (χ3v) is 1.98. The van der Waals surface area contributed by atoms with Crippen LogP contribution >= 0.6 is 15.9 Å². The predicted octanol–water partition coefficient (Wildman–Crippen LogP) is -0.261. The number of aliphatic imine (C=N–C) groups is 1. The van der Waals surface area contributed by atoms with E-state index in [4.69, 9.17) is 10.4 Å². The Morgan fingerprint density at radius 1 is 1.77 bits per heavy atom. The van der Waals surface area contributed by atoms with Crippen molar-refractivity contribution in [2.24, 2.45) is 4.99 Å². The summed E-state index contributed by atoms with van der Waals surface area (Å²) in [6, 6.07) is 1.98. The van der Waals surface area contributed by atoms with Crippen LogP contribution in [0.25, 0.3) is 0 Å². The van der Waals surface area contributed by atoms with Gasteiger partial charge in [0.25, 0.3) is 0 Å². The van der Waals surface area contributed by atoms with Gasteiger partial charge in [0.15, 0.2) is 12.1 Å². The number of aliphatic hydroxyl groups excluding tert-OH is 1. The molecule has 1 aliphatic heterocycles. The second-order valence-electron chi connectivity index (χ2n) is 2.27. The van der Waals surface area contributed by atoms with Crippen LogP contribution in [0.5, 0.6) is 0 Å². The molecule has 0 amide bonds. The number of hydrogen-bond donors (Lipinski definition) is 2. The van der Waals surface area contributed by atoms with Crippen molar-refractivity contribution in [3.8, 4) is 6.07 Å². The molecular formula is C7H8BrN4O+. The van der Waals surface area contributed by atoms with Crippen LogP contribution in [0.2, 0.25) is 0 Å². The van der Waals surface area contributed by atoms with Gasteiger partial charge in [-0.15, -0.1) is 4.68 Å². The van der Waals surface area contributed by atoms with Gasteiger partial charge >= 0.3 is 5.84 Å². The summed E-state index contributed by atoms with van der Waals surface area (Å²) in [4.78, 5) is 3.98. The van der Waals surface area contributed by atoms with Crippen LogP contribution in [0.1, 0.15) is 0 Å². The van der Waals surface area contributed by atoms with Gasteiger partial charge in [0.1, 0.15) is 10.7 Å². The Morgan fingerprint density at radius 3 is 3.00 bits per heavy atom. The van der Waals surface area contributed by atoms with Gasteiger partial charge in [0, 0.05) is 0 Å². The predicted molar refractivity (Wildman–Crippen MR) is 51.5 cm³/mol. The van der Waals surface area contributed by atoms with Gasteiger partial charge in [0.05, 0.1) is 13.3 Å². The molecule has 68 valence electrons. The first-order valence-electron chi connectivity index (χ1n) is 3.53. The van der Waals surface area contributed by atoms with Crippen LogP contribution in [0.4, 0.5) is 0 Å². The number of nitrogens with one attached hydrogen (secondary N) is 1. The van der Waals surface area contributed by atoms with Gasteiger partial charge in [-0.3, -0.25) is 0 Å². The first-order valence-corrected chi connectivity index (χ1v) is 4.33. The first-order chi connectivity index (χ1) is 6.20. The molecule has 0 aromatic carbocycles. The van der Waals surface area contributed by atoms with E-state index >= 15 is 0 Å². The Kier molecular flexibility index (Phi) is 3.17. The van der Waals surface area contributed by atoms with Gasteiger partial charge in [-0.25, -0.2) is 5.43 Å². The molecule has 0 aliphatic carbocycles. The molecule has 0 unspecified atom stereocenters. The number of nitrogens with zero attached hydrogens (tertiary/aromatic N) is 3. The summed E-state index contributed by atoms with van der Waals surface area (Å²) in [5, 5.41) is 17.3. The number of amidine groups is 1. The average Bonchev–Trinajstić information content (AvgIpc) is 2.37. The van der Waals surface area contributed by atoms with Crippen molar-refractivity contribution in [2.45, 2.75) is 0 Å². The Labute approximate surface area is 83.8 Å². The molecule has 0 saturated carbocycles. The maximum absolute atomic E-state index is 8.75. The Morgan fingerprint density at radius 2 is 2.46 bits per heavy atom. The summed E-state index contributed by atoms with van der Waals surface area (Å²) in [5.41, 5.74) is 3.15. The normalized spacial score (nSPS) is 19.2. The number of hydrazine groups is 1. The molecule has 0 fully saturated rings. The van der Waals surface area contributed by atoms with Crippen molar-refractivity contribution in [2.75, 3.05) is 13.2 Å². The third-order valence-electron chi connectivity index (χ3n) is 1.41. The number of hydrazone groups is 1. The first kappa shape index (κ1) is 9.89. The van der Waals surface area contributed by atoms with Gasteiger partial charge in [-0.05, 0) is 15.9 Å². The smallest absolute Gasteiger partial charge is 0.361 e. The molecule has 0 spiro atoms. The number of hydrogen-bond acceptors (Lipinski definition) is 4. The van der Waals surface area contributed by atoms with Crippen molar-refractivity contribution in [1.29, 1.82) is 5.26 Å². The Hall–Kier alpha value is -1.19. The van der Waals surface area contributed by atoms with E-state index in [0.717, 1.165) is 0 Å². The van der Waals surface area contributed by atoms with Gasteiger partial charge in [0.2, 0.25) is 0 Å². The van der Waals surface area contributed by atoms with Crippen LogP contribution < -0.4 is 5.43 Å². The summed E-state index contributed by atoms with van der Waals surface area (Å²) in [7, 11) is 0. The van der Waals surface area contributed by atoms with E-state index in [2.05, 4.69) is 33.1 Å². The highest BCUT2D eigenvalue weighted by Crippen LogP contribution is 2.16. The molecule has 1 rings (SSSR count). The highest BCUT2D eigenvalue weighted by atomic mass is 79.9. The van der Waals surface area contributed by atoms with E-state index in [-0.39, 0.29) is 13.2 Å². The Bertz CT molecular complexity index is 339. The third kappa shape index (κ3) is 1.94. The van der Waals surface area contributed by atoms with Crippen molar-refractivity contribution < 1.29 is 9.79 Å². The highest BCUT2D eigenvalue weighted by Gasteiger charge is 2.30. The topological polar surface area (TPSA) is 71.4 Å². The van der Waals surface area contributed by atoms with Crippen molar-refractivity contribution >= 4 is 28.5 Å². The quantitative estimate of drug-likeness (QED) is 0.519. The number of halogens is 1. The molecule has 0 atom stereocenters. The zero-order valence-corrected chi connectivity index (χ0v) is 8.37. The highest BCUT2D eigenvalue weighted by molar-refractivity contribution is 9.11. The van der Waals surface area contributed by atoms with E-state index < -0.39 is 0 Å². The lowest BCUT2D eigenvalue weighted by Gasteiger charge is -1.91. The molecule has 0 aromatic rings. The van der Waals surface area contributed by atoms with Gasteiger partial charge < -0.3 is 5.11 Å². The molecule has 0 radical (unpaired) electrons. The number of aliphatic hydroxyl groups is 1. The molecule has 2 N–H and O–H groups in total.